The van der Waals surface area contributed by atoms with Gasteiger partial charge in [-0.25, -0.2) is 0 Å². The predicted octanol–water partition coefficient (Wildman–Crippen LogP) is 0.452. The minimum atomic E-state index is -2.63. The number of nitrogens with zero attached hydrogens (tertiary/aromatic N) is 2. The van der Waals surface area contributed by atoms with Crippen molar-refractivity contribution in [2.75, 3.05) is 33.1 Å². The van der Waals surface area contributed by atoms with E-state index in [-0.39, 0.29) is 42.1 Å². The molecule has 6 N–H and O–H groups in total. The van der Waals surface area contributed by atoms with E-state index >= 15 is 0 Å². The number of phenols is 1. The zero-order valence-corrected chi connectivity index (χ0v) is 20.0. The third-order valence-corrected chi connectivity index (χ3v) is 7.06. The molecule has 0 bridgehead atoms. The van der Waals surface area contributed by atoms with Crippen LogP contribution in [0.2, 0.25) is 0 Å². The van der Waals surface area contributed by atoms with Crippen molar-refractivity contribution in [3.05, 3.63) is 40.2 Å². The van der Waals surface area contributed by atoms with Crippen LogP contribution in [-0.4, -0.2) is 82.6 Å². The van der Waals surface area contributed by atoms with Gasteiger partial charge in [0.1, 0.15) is 22.8 Å². The second kappa shape index (κ2) is 8.30. The summed E-state index contributed by atoms with van der Waals surface area (Å²) < 4.78 is 0. The lowest BCUT2D eigenvalue weighted by atomic mass is 9.57. The minimum absolute atomic E-state index is 0. The SMILES string of the molecule is CN(C)c1ccc(O)c2c1C[C@@H]1C[C@@H]3[C@H](N(C)C)C(=O)C(C(N)=O)=C(O)[C@@]3(O)C(=O)C1=C2O.Cl. The quantitative estimate of drug-likeness (QED) is 0.376. The van der Waals surface area contributed by atoms with Crippen molar-refractivity contribution < 1.29 is 34.8 Å². The van der Waals surface area contributed by atoms with Crippen molar-refractivity contribution in [2.45, 2.75) is 24.5 Å². The van der Waals surface area contributed by atoms with Gasteiger partial charge >= 0.3 is 0 Å². The fourth-order valence-electron chi connectivity index (χ4n) is 5.65. The first kappa shape index (κ1) is 25.5. The number of primary amides is 1. The number of benzene rings is 1. The number of hydrogen-bond donors (Lipinski definition) is 5. The topological polar surface area (TPSA) is 165 Å². The maximum absolute atomic E-state index is 13.7. The first-order valence-corrected chi connectivity index (χ1v) is 10.5. The largest absolute Gasteiger partial charge is 0.508 e. The summed E-state index contributed by atoms with van der Waals surface area (Å²) in [6.45, 7) is 0. The van der Waals surface area contributed by atoms with E-state index in [0.717, 1.165) is 5.69 Å². The number of aliphatic hydroxyl groups excluding tert-OH is 2. The molecule has 0 spiro atoms. The van der Waals surface area contributed by atoms with Gasteiger partial charge in [-0.1, -0.05) is 0 Å². The fourth-order valence-corrected chi connectivity index (χ4v) is 5.65. The standard InChI is InChI=1S/C23H27N3O7.ClH/c1-25(2)12-5-6-13(27)15-10(12)7-9-8-11-17(26(3)4)19(29)16(22(24)32)21(31)23(11,33)20(30)14(9)18(15)28;/h5-6,9,11,17,27-28,31,33H,7-8H2,1-4H3,(H2,24,32);1H/t9-,11-,17+,23+;/m1./s1. The molecule has 1 amide bonds. The molecule has 0 aromatic heterocycles. The van der Waals surface area contributed by atoms with Crippen LogP contribution < -0.4 is 10.6 Å². The smallest absolute Gasteiger partial charge is 0.255 e. The summed E-state index contributed by atoms with van der Waals surface area (Å²) in [6, 6.07) is 2.01. The number of aromatic hydroxyl groups is 1. The zero-order valence-electron chi connectivity index (χ0n) is 19.2. The Bertz CT molecular complexity index is 1170. The molecule has 4 atom stereocenters. The number of amides is 1. The van der Waals surface area contributed by atoms with Gasteiger partial charge in [-0.05, 0) is 50.6 Å². The molecule has 3 aliphatic carbocycles. The number of likely N-dealkylation sites (N-methyl/N-ethyl adjacent to an activating group) is 1. The zero-order chi connectivity index (χ0) is 24.6. The van der Waals surface area contributed by atoms with Gasteiger partial charge in [0.05, 0.1) is 11.6 Å². The van der Waals surface area contributed by atoms with Crippen molar-refractivity contribution in [3.8, 4) is 5.75 Å². The van der Waals surface area contributed by atoms with Gasteiger partial charge in [-0.3, -0.25) is 19.3 Å². The first-order valence-electron chi connectivity index (χ1n) is 10.5. The van der Waals surface area contributed by atoms with Gasteiger partial charge in [0.25, 0.3) is 5.91 Å². The summed E-state index contributed by atoms with van der Waals surface area (Å²) in [5.41, 5.74) is 3.15. The molecule has 0 saturated heterocycles. The Labute approximate surface area is 202 Å². The van der Waals surface area contributed by atoms with Crippen LogP contribution in [0, 0.1) is 11.8 Å². The summed E-state index contributed by atoms with van der Waals surface area (Å²) in [6.07, 6.45) is 0.324. The average molecular weight is 494 g/mol. The van der Waals surface area contributed by atoms with Crippen LogP contribution in [0.1, 0.15) is 17.5 Å². The molecule has 1 aromatic rings. The molecule has 4 rings (SSSR count). The second-order valence-corrected chi connectivity index (χ2v) is 9.31. The third kappa shape index (κ3) is 3.20. The molecule has 11 heteroatoms. The molecular weight excluding hydrogens is 466 g/mol. The molecule has 34 heavy (non-hydrogen) atoms. The molecule has 184 valence electrons. The van der Waals surface area contributed by atoms with E-state index in [1.165, 1.54) is 11.0 Å². The summed E-state index contributed by atoms with van der Waals surface area (Å²) in [4.78, 5) is 42.0. The number of anilines is 1. The molecule has 0 heterocycles. The van der Waals surface area contributed by atoms with Gasteiger partial charge in [-0.15, -0.1) is 12.4 Å². The van der Waals surface area contributed by atoms with Gasteiger partial charge < -0.3 is 31.1 Å². The number of aliphatic hydroxyl groups is 3. The van der Waals surface area contributed by atoms with Crippen LogP contribution in [0.3, 0.4) is 0 Å². The highest BCUT2D eigenvalue weighted by Gasteiger charge is 2.64. The van der Waals surface area contributed by atoms with Crippen molar-refractivity contribution in [1.82, 2.24) is 4.90 Å². The summed E-state index contributed by atoms with van der Waals surface area (Å²) in [5.74, 6) is -6.54. The number of rotatable bonds is 3. The molecule has 1 fully saturated rings. The lowest BCUT2D eigenvalue weighted by molar-refractivity contribution is -0.153. The minimum Gasteiger partial charge on any atom is -0.508 e. The monoisotopic (exact) mass is 493 g/mol. The molecule has 10 nitrogen and oxygen atoms in total. The summed E-state index contributed by atoms with van der Waals surface area (Å²) in [5, 5.41) is 43.9. The van der Waals surface area contributed by atoms with Crippen LogP contribution >= 0.6 is 12.4 Å². The molecule has 0 unspecified atom stereocenters. The Balaban J connectivity index is 0.00000324. The van der Waals surface area contributed by atoms with E-state index in [0.29, 0.717) is 5.56 Å². The maximum atomic E-state index is 13.7. The molecule has 0 aliphatic heterocycles. The predicted molar refractivity (Wildman–Crippen MR) is 126 cm³/mol. The van der Waals surface area contributed by atoms with E-state index in [1.807, 2.05) is 19.0 Å². The summed E-state index contributed by atoms with van der Waals surface area (Å²) >= 11 is 0. The van der Waals surface area contributed by atoms with Crippen molar-refractivity contribution in [2.24, 2.45) is 17.6 Å². The number of hydrogen-bond acceptors (Lipinski definition) is 9. The number of halogens is 1. The normalized spacial score (nSPS) is 28.2. The lowest BCUT2D eigenvalue weighted by Crippen LogP contribution is -2.65. The number of nitrogens with two attached hydrogens (primary N) is 1. The van der Waals surface area contributed by atoms with Gasteiger partial charge in [-0.2, -0.15) is 0 Å². The van der Waals surface area contributed by atoms with Crippen molar-refractivity contribution >= 4 is 41.3 Å². The number of phenolic OH excluding ortho intramolecular Hbond substituents is 1. The van der Waals surface area contributed by atoms with Crippen molar-refractivity contribution in [1.29, 1.82) is 0 Å². The van der Waals surface area contributed by atoms with E-state index < -0.39 is 58.0 Å². The molecule has 3 aliphatic rings. The molecule has 0 radical (unpaired) electrons. The Morgan fingerprint density at radius 1 is 1.12 bits per heavy atom. The highest BCUT2D eigenvalue weighted by Crippen LogP contribution is 2.53. The average Bonchev–Trinajstić information content (AvgIpc) is 2.70. The number of carbonyl (C=O) groups is 3. The maximum Gasteiger partial charge on any atom is 0.255 e. The number of fused-ring (bicyclic) bond motifs is 3. The van der Waals surface area contributed by atoms with E-state index in [4.69, 9.17) is 5.73 Å². The summed E-state index contributed by atoms with van der Waals surface area (Å²) in [7, 11) is 6.75. The lowest BCUT2D eigenvalue weighted by Gasteiger charge is -2.50. The van der Waals surface area contributed by atoms with Gasteiger partial charge in [0, 0.05) is 31.3 Å². The molecular formula is C23H28ClN3O7. The van der Waals surface area contributed by atoms with Crippen LogP contribution in [0.25, 0.3) is 5.76 Å². The fraction of sp³-hybridized carbons (Fsp3) is 0.435. The van der Waals surface area contributed by atoms with Crippen LogP contribution in [-0.2, 0) is 20.8 Å². The molecule has 1 aromatic carbocycles. The first-order chi connectivity index (χ1) is 15.3. The molecule has 1 saturated carbocycles. The Morgan fingerprint density at radius 3 is 2.26 bits per heavy atom. The van der Waals surface area contributed by atoms with E-state index in [1.54, 1.807) is 20.2 Å². The van der Waals surface area contributed by atoms with Crippen molar-refractivity contribution in [3.63, 3.8) is 0 Å². The van der Waals surface area contributed by atoms with Crippen LogP contribution in [0.15, 0.2) is 29.0 Å². The third-order valence-electron chi connectivity index (χ3n) is 7.06. The Hall–Kier alpha value is -3.08. The number of ketones is 2. The number of carbonyl (C=O) groups excluding carboxylic acids is 3. The van der Waals surface area contributed by atoms with Gasteiger partial charge in [0.15, 0.2) is 11.4 Å². The van der Waals surface area contributed by atoms with Crippen LogP contribution in [0.5, 0.6) is 5.75 Å². The van der Waals surface area contributed by atoms with E-state index in [2.05, 4.69) is 0 Å². The van der Waals surface area contributed by atoms with Crippen LogP contribution in [0.4, 0.5) is 5.69 Å². The second-order valence-electron chi connectivity index (χ2n) is 9.31. The van der Waals surface area contributed by atoms with Gasteiger partial charge in [0.2, 0.25) is 5.78 Å². The Kier molecular flexibility index (Phi) is 6.23. The Morgan fingerprint density at radius 2 is 1.74 bits per heavy atom. The van der Waals surface area contributed by atoms with E-state index in [9.17, 15) is 34.8 Å². The number of Topliss-reactive ketones (excluding diaryl/α,β-unsaturated/α-hetero) is 2. The highest BCUT2D eigenvalue weighted by atomic mass is 35.5. The highest BCUT2D eigenvalue weighted by molar-refractivity contribution is 6.24.